The maximum atomic E-state index is 11.7. The average molecular weight is 281 g/mol. The van der Waals surface area contributed by atoms with Crippen molar-refractivity contribution in [3.63, 3.8) is 0 Å². The van der Waals surface area contributed by atoms with Crippen molar-refractivity contribution in [3.8, 4) is 0 Å². The average Bonchev–Trinajstić information content (AvgIpc) is 2.25. The first-order valence-electron chi connectivity index (χ1n) is 5.61. The summed E-state index contributed by atoms with van der Waals surface area (Å²) in [4.78, 5) is 21.3. The Balaban J connectivity index is 4.06. The smallest absolute Gasteiger partial charge is 0.305 e. The number of sulfonamides is 1. The van der Waals surface area contributed by atoms with E-state index in [0.717, 1.165) is 4.31 Å². The molecule has 0 aromatic carbocycles. The number of carbonyl (C=O) groups is 2. The van der Waals surface area contributed by atoms with Gasteiger partial charge in [0, 0.05) is 20.0 Å². The summed E-state index contributed by atoms with van der Waals surface area (Å²) >= 11 is 0. The second kappa shape index (κ2) is 8.04. The molecular formula is C10H19NO6S. The summed E-state index contributed by atoms with van der Waals surface area (Å²) < 4.78 is 29.0. The minimum atomic E-state index is -3.50. The van der Waals surface area contributed by atoms with Crippen molar-refractivity contribution in [2.45, 2.75) is 26.2 Å². The van der Waals surface area contributed by atoms with E-state index in [4.69, 9.17) is 5.11 Å². The first kappa shape index (κ1) is 16.9. The van der Waals surface area contributed by atoms with Crippen LogP contribution in [0.4, 0.5) is 0 Å². The van der Waals surface area contributed by atoms with Crippen molar-refractivity contribution in [1.29, 1.82) is 0 Å². The fourth-order valence-electron chi connectivity index (χ4n) is 1.18. The predicted octanol–water partition coefficient (Wildman–Crippen LogP) is 0.0660. The van der Waals surface area contributed by atoms with E-state index in [1.807, 2.05) is 0 Å². The summed E-state index contributed by atoms with van der Waals surface area (Å²) in [7, 11) is -2.18. The van der Waals surface area contributed by atoms with Crippen LogP contribution >= 0.6 is 0 Å². The quantitative estimate of drug-likeness (QED) is 0.600. The number of carboxylic acid groups (broad SMARTS) is 1. The van der Waals surface area contributed by atoms with Crippen molar-refractivity contribution in [2.75, 3.05) is 26.0 Å². The summed E-state index contributed by atoms with van der Waals surface area (Å²) in [5, 5.41) is 8.45. The van der Waals surface area contributed by atoms with Crippen LogP contribution in [0.2, 0.25) is 0 Å². The van der Waals surface area contributed by atoms with Gasteiger partial charge in [-0.2, -0.15) is 0 Å². The topological polar surface area (TPSA) is 101 Å². The Morgan fingerprint density at radius 2 is 1.89 bits per heavy atom. The molecule has 0 atom stereocenters. The van der Waals surface area contributed by atoms with Crippen LogP contribution in [0, 0.1) is 0 Å². The van der Waals surface area contributed by atoms with Gasteiger partial charge in [-0.25, -0.2) is 12.7 Å². The zero-order valence-corrected chi connectivity index (χ0v) is 11.4. The molecule has 1 N–H and O–H groups in total. The summed E-state index contributed by atoms with van der Waals surface area (Å²) in [6.45, 7) is 1.87. The van der Waals surface area contributed by atoms with E-state index < -0.39 is 22.0 Å². The van der Waals surface area contributed by atoms with Gasteiger partial charge in [0.15, 0.2) is 0 Å². The van der Waals surface area contributed by atoms with Gasteiger partial charge >= 0.3 is 11.9 Å². The molecule has 0 spiro atoms. The molecule has 0 rings (SSSR count). The molecule has 0 aliphatic heterocycles. The Labute approximate surface area is 107 Å². The highest BCUT2D eigenvalue weighted by Gasteiger charge is 2.18. The zero-order chi connectivity index (χ0) is 14.2. The first-order chi connectivity index (χ1) is 8.29. The number of aliphatic carboxylic acids is 1. The molecule has 8 heteroatoms. The maximum absolute atomic E-state index is 11.7. The van der Waals surface area contributed by atoms with Crippen LogP contribution in [0.1, 0.15) is 26.2 Å². The molecule has 0 aliphatic carbocycles. The molecule has 7 nitrogen and oxygen atoms in total. The predicted molar refractivity (Wildman–Crippen MR) is 64.5 cm³/mol. The number of rotatable bonds is 9. The number of carboxylic acids is 1. The zero-order valence-electron chi connectivity index (χ0n) is 10.6. The normalized spacial score (nSPS) is 11.5. The van der Waals surface area contributed by atoms with E-state index in [2.05, 4.69) is 4.74 Å². The van der Waals surface area contributed by atoms with E-state index in [9.17, 15) is 18.0 Å². The van der Waals surface area contributed by atoms with Gasteiger partial charge in [0.1, 0.15) is 0 Å². The molecule has 0 aromatic heterocycles. The second-order valence-electron chi connectivity index (χ2n) is 3.69. The highest BCUT2D eigenvalue weighted by atomic mass is 32.2. The van der Waals surface area contributed by atoms with Crippen LogP contribution in [-0.4, -0.2) is 55.7 Å². The van der Waals surface area contributed by atoms with Gasteiger partial charge in [-0.3, -0.25) is 9.59 Å². The molecule has 106 valence electrons. The van der Waals surface area contributed by atoms with Gasteiger partial charge < -0.3 is 9.84 Å². The first-order valence-corrected chi connectivity index (χ1v) is 7.22. The van der Waals surface area contributed by atoms with E-state index >= 15 is 0 Å². The van der Waals surface area contributed by atoms with Crippen molar-refractivity contribution in [3.05, 3.63) is 0 Å². The number of nitrogens with zero attached hydrogens (tertiary/aromatic N) is 1. The van der Waals surface area contributed by atoms with E-state index in [-0.39, 0.29) is 38.2 Å². The van der Waals surface area contributed by atoms with Crippen LogP contribution in [0.15, 0.2) is 0 Å². The molecule has 0 unspecified atom stereocenters. The van der Waals surface area contributed by atoms with E-state index in [1.165, 1.54) is 7.05 Å². The van der Waals surface area contributed by atoms with Gasteiger partial charge in [-0.1, -0.05) is 0 Å². The third kappa shape index (κ3) is 7.23. The number of esters is 1. The van der Waals surface area contributed by atoms with Gasteiger partial charge in [-0.15, -0.1) is 0 Å². The lowest BCUT2D eigenvalue weighted by molar-refractivity contribution is -0.143. The fraction of sp³-hybridized carbons (Fsp3) is 0.800. The third-order valence-corrected chi connectivity index (χ3v) is 4.14. The lowest BCUT2D eigenvalue weighted by Gasteiger charge is -2.15. The van der Waals surface area contributed by atoms with Crippen molar-refractivity contribution >= 4 is 22.0 Å². The lowest BCUT2D eigenvalue weighted by Crippen LogP contribution is -2.31. The summed E-state index contributed by atoms with van der Waals surface area (Å²) in [5.74, 6) is -1.67. The number of ether oxygens (including phenoxy) is 1. The molecule has 0 radical (unpaired) electrons. The highest BCUT2D eigenvalue weighted by molar-refractivity contribution is 7.89. The lowest BCUT2D eigenvalue weighted by atomic mass is 10.3. The number of hydrogen-bond donors (Lipinski definition) is 1. The van der Waals surface area contributed by atoms with Crippen molar-refractivity contribution in [1.82, 2.24) is 4.31 Å². The Morgan fingerprint density at radius 1 is 1.28 bits per heavy atom. The molecule has 0 saturated carbocycles. The Kier molecular flexibility index (Phi) is 7.53. The minimum absolute atomic E-state index is 0.0415. The molecule has 0 saturated heterocycles. The van der Waals surface area contributed by atoms with Crippen LogP contribution < -0.4 is 0 Å². The van der Waals surface area contributed by atoms with Gasteiger partial charge in [-0.05, 0) is 13.3 Å². The van der Waals surface area contributed by atoms with Crippen LogP contribution in [0.5, 0.6) is 0 Å². The number of hydrogen-bond acceptors (Lipinski definition) is 5. The molecule has 0 bridgehead atoms. The Bertz CT molecular complexity index is 378. The molecule has 0 heterocycles. The largest absolute Gasteiger partial charge is 0.481 e. The Hall–Kier alpha value is -1.15. The monoisotopic (exact) mass is 281 g/mol. The Morgan fingerprint density at radius 3 is 2.39 bits per heavy atom. The maximum Gasteiger partial charge on any atom is 0.305 e. The standard InChI is InChI=1S/C10H19NO6S/c1-3-17-10(14)5-4-8-18(15,16)11(2)7-6-9(12)13/h3-8H2,1-2H3,(H,12,13). The summed E-state index contributed by atoms with van der Waals surface area (Å²) in [6.07, 6.45) is -0.0357. The third-order valence-electron chi connectivity index (χ3n) is 2.20. The van der Waals surface area contributed by atoms with E-state index in [1.54, 1.807) is 6.92 Å². The second-order valence-corrected chi connectivity index (χ2v) is 5.89. The molecule has 0 fully saturated rings. The van der Waals surface area contributed by atoms with Gasteiger partial charge in [0.05, 0.1) is 18.8 Å². The molecule has 0 amide bonds. The van der Waals surface area contributed by atoms with Crippen molar-refractivity contribution < 1.29 is 27.9 Å². The summed E-state index contributed by atoms with van der Waals surface area (Å²) in [5.41, 5.74) is 0. The number of carbonyl (C=O) groups excluding carboxylic acids is 1. The summed E-state index contributed by atoms with van der Waals surface area (Å²) in [6, 6.07) is 0. The van der Waals surface area contributed by atoms with Crippen LogP contribution in [0.25, 0.3) is 0 Å². The minimum Gasteiger partial charge on any atom is -0.481 e. The highest BCUT2D eigenvalue weighted by Crippen LogP contribution is 2.04. The van der Waals surface area contributed by atoms with Crippen LogP contribution in [-0.2, 0) is 24.3 Å². The van der Waals surface area contributed by atoms with Gasteiger partial charge in [0.25, 0.3) is 0 Å². The van der Waals surface area contributed by atoms with E-state index in [0.29, 0.717) is 0 Å². The SMILES string of the molecule is CCOC(=O)CCCS(=O)(=O)N(C)CCC(=O)O. The molecule has 18 heavy (non-hydrogen) atoms. The molecule has 0 aliphatic rings. The molecular weight excluding hydrogens is 262 g/mol. The van der Waals surface area contributed by atoms with Crippen LogP contribution in [0.3, 0.4) is 0 Å². The van der Waals surface area contributed by atoms with Crippen molar-refractivity contribution in [2.24, 2.45) is 0 Å². The fourth-order valence-corrected chi connectivity index (χ4v) is 2.37. The van der Waals surface area contributed by atoms with Gasteiger partial charge in [0.2, 0.25) is 10.0 Å². The molecule has 0 aromatic rings.